The zero-order valence-electron chi connectivity index (χ0n) is 52.9. The van der Waals surface area contributed by atoms with Crippen molar-refractivity contribution in [2.45, 2.75) is 45.2 Å². The van der Waals surface area contributed by atoms with Crippen molar-refractivity contribution in [2.24, 2.45) is 0 Å². The topological polar surface area (TPSA) is 224 Å². The summed E-state index contributed by atoms with van der Waals surface area (Å²) in [4.78, 5) is 22.2. The third kappa shape index (κ3) is 17.2. The molecule has 2 aliphatic heterocycles. The maximum Gasteiger partial charge on any atom is 0.237 e. The average molecular weight is 1290 g/mol. The molecule has 17 heteroatoms. The number of nitrogens with zero attached hydrogens (tertiary/aromatic N) is 8. The smallest absolute Gasteiger partial charge is 0.237 e. The molecule has 472 valence electrons. The third-order valence-corrected chi connectivity index (χ3v) is 17.6. The van der Waals surface area contributed by atoms with Gasteiger partial charge in [-0.15, -0.1) is 22.7 Å². The van der Waals surface area contributed by atoms with Gasteiger partial charge in [-0.05, 0) is 128 Å². The molecule has 6 aromatic carbocycles. The van der Waals surface area contributed by atoms with Crippen molar-refractivity contribution in [3.05, 3.63) is 297 Å². The van der Waals surface area contributed by atoms with Gasteiger partial charge in [0.15, 0.2) is 34.6 Å². The number of rotatable bonds is 21. The number of ether oxygens (including phenoxy) is 4. The van der Waals surface area contributed by atoms with Gasteiger partial charge in [0.25, 0.3) is 0 Å². The Morgan fingerprint density at radius 1 is 0.547 bits per heavy atom. The summed E-state index contributed by atoms with van der Waals surface area (Å²) in [6, 6.07) is 68.0. The van der Waals surface area contributed by atoms with Crippen LogP contribution in [0.15, 0.2) is 233 Å². The minimum atomic E-state index is -1.06. The molecule has 0 saturated heterocycles. The van der Waals surface area contributed by atoms with Crippen molar-refractivity contribution in [3.8, 4) is 41.8 Å². The lowest BCUT2D eigenvalue weighted by atomic mass is 9.87. The molecule has 15 nitrogen and oxygen atoms in total. The maximum atomic E-state index is 10.9. The molecule has 2 unspecified atom stereocenters. The molecule has 0 radical (unpaired) electrons. The lowest BCUT2D eigenvalue weighted by molar-refractivity contribution is 0.0728. The number of hydrogen-bond acceptors (Lipinski definition) is 16. The Bertz CT molecular complexity index is 4500. The van der Waals surface area contributed by atoms with E-state index in [9.17, 15) is 30.8 Å². The highest BCUT2D eigenvalue weighted by Gasteiger charge is 2.44. The minimum Gasteiger partial charge on any atom is -0.488 e. The van der Waals surface area contributed by atoms with Gasteiger partial charge in [-0.1, -0.05) is 127 Å². The molecule has 2 N–H and O–H groups in total. The molecule has 0 saturated carbocycles. The molecule has 0 fully saturated rings. The average Bonchev–Trinajstić information content (AvgIpc) is 1.62. The van der Waals surface area contributed by atoms with Crippen LogP contribution in [0.4, 0.5) is 11.4 Å². The van der Waals surface area contributed by atoms with E-state index >= 15 is 0 Å². The molecule has 2 aromatic heterocycles. The summed E-state index contributed by atoms with van der Waals surface area (Å²) >= 11 is 3.03. The van der Waals surface area contributed by atoms with E-state index in [4.69, 9.17) is 36.0 Å². The predicted molar refractivity (Wildman–Crippen MR) is 374 cm³/mol. The number of carbonyl (C=O) groups is 1. The van der Waals surface area contributed by atoms with E-state index in [1.54, 1.807) is 30.4 Å². The molecule has 0 amide bonds. The highest BCUT2D eigenvalue weighted by molar-refractivity contribution is 7.14. The van der Waals surface area contributed by atoms with Crippen LogP contribution in [0.2, 0.25) is 0 Å². The van der Waals surface area contributed by atoms with Gasteiger partial charge in [0.2, 0.25) is 5.70 Å². The number of anilines is 2. The van der Waals surface area contributed by atoms with E-state index in [-0.39, 0.29) is 47.1 Å². The Morgan fingerprint density at radius 3 is 1.36 bits per heavy atom. The lowest BCUT2D eigenvalue weighted by Gasteiger charge is -2.28. The fourth-order valence-corrected chi connectivity index (χ4v) is 11.7. The van der Waals surface area contributed by atoms with Crippen molar-refractivity contribution in [2.75, 3.05) is 50.2 Å². The SMILES string of the molecule is CC1=C(C#N)C(=C(C#N)C#N)OC1(C)c1ccccc1.CN(CCO)c1ccc(/C=C/c2ccc(C=O)s2)c(OCc2ccccc2)c1.[C-]#[N+]C1=C(/C=C/c2ccc(/C=C/c3ccc(N(C)CCO)cc3OCc3ccccc3)s2)C(C)(c2ccccc2)OC1=C(C#N)C#N. The molecule has 95 heavy (non-hydrogen) atoms. The first-order chi connectivity index (χ1) is 46.2. The normalized spacial score (nSPS) is 15.3. The van der Waals surface area contributed by atoms with Crippen LogP contribution in [0.5, 0.6) is 11.5 Å². The summed E-state index contributed by atoms with van der Waals surface area (Å²) in [5.74, 6) is 1.59. The second-order valence-corrected chi connectivity index (χ2v) is 24.0. The maximum absolute atomic E-state index is 10.9. The predicted octanol–water partition coefficient (Wildman–Crippen LogP) is 16.2. The number of likely N-dealkylation sites (N-methyl/N-ethyl adjacent to an activating group) is 2. The summed E-state index contributed by atoms with van der Waals surface area (Å²) in [7, 11) is 3.87. The molecule has 2 atom stereocenters. The van der Waals surface area contributed by atoms with Gasteiger partial charge in [-0.2, -0.15) is 26.3 Å². The second-order valence-electron chi connectivity index (χ2n) is 21.7. The summed E-state index contributed by atoms with van der Waals surface area (Å²) < 4.78 is 24.4. The number of thiophene rings is 2. The number of benzene rings is 6. The molecule has 10 rings (SSSR count). The largest absolute Gasteiger partial charge is 0.488 e. The van der Waals surface area contributed by atoms with Crippen molar-refractivity contribution in [1.82, 2.24) is 0 Å². The van der Waals surface area contributed by atoms with Crippen molar-refractivity contribution in [3.63, 3.8) is 0 Å². The highest BCUT2D eigenvalue weighted by atomic mass is 32.1. The number of nitriles is 5. The first-order valence-electron chi connectivity index (χ1n) is 29.9. The van der Waals surface area contributed by atoms with E-state index in [0.29, 0.717) is 42.3 Å². The fourth-order valence-electron chi connectivity index (χ4n) is 10.1. The molecule has 8 aromatic rings. The highest BCUT2D eigenvalue weighted by Crippen LogP contribution is 2.49. The van der Waals surface area contributed by atoms with Crippen LogP contribution in [0.25, 0.3) is 35.2 Å². The van der Waals surface area contributed by atoms with Crippen molar-refractivity contribution >= 4 is 70.7 Å². The Hall–Kier alpha value is -11.8. The fraction of sp³-hybridized carbons (Fsp3) is 0.167. The van der Waals surface area contributed by atoms with Gasteiger partial charge in [0.05, 0.1) is 30.2 Å². The number of aliphatic hydroxyl groups is 2. The molecule has 0 spiro atoms. The Morgan fingerprint density at radius 2 is 0.947 bits per heavy atom. The van der Waals surface area contributed by atoms with Gasteiger partial charge in [0, 0.05) is 82.0 Å². The van der Waals surface area contributed by atoms with Gasteiger partial charge in [-0.25, -0.2) is 4.85 Å². The van der Waals surface area contributed by atoms with Crippen LogP contribution in [0, 0.1) is 63.2 Å². The monoisotopic (exact) mass is 1290 g/mol. The van der Waals surface area contributed by atoms with Crippen LogP contribution < -0.4 is 19.3 Å². The van der Waals surface area contributed by atoms with E-state index in [1.165, 1.54) is 11.3 Å². The second kappa shape index (κ2) is 33.5. The Kier molecular flexibility index (Phi) is 24.4. The van der Waals surface area contributed by atoms with E-state index in [2.05, 4.69) is 4.85 Å². The first kappa shape index (κ1) is 69.1. The summed E-state index contributed by atoms with van der Waals surface area (Å²) in [6.07, 6.45) is 12.7. The molecule has 2 aliphatic rings. The van der Waals surface area contributed by atoms with Crippen LogP contribution in [-0.4, -0.2) is 56.9 Å². The number of carbonyl (C=O) groups excluding carboxylic acids is 1. The molecule has 4 heterocycles. The summed E-state index contributed by atoms with van der Waals surface area (Å²) in [6.45, 7) is 15.5. The third-order valence-electron chi connectivity index (χ3n) is 15.6. The van der Waals surface area contributed by atoms with Crippen LogP contribution in [-0.2, 0) is 33.9 Å². The number of aldehydes is 1. The minimum absolute atomic E-state index is 0.00432. The van der Waals surface area contributed by atoms with Crippen LogP contribution in [0.3, 0.4) is 0 Å². The number of hydrogen-bond donors (Lipinski definition) is 2. The van der Waals surface area contributed by atoms with Crippen LogP contribution in [0.1, 0.15) is 78.5 Å². The summed E-state index contributed by atoms with van der Waals surface area (Å²) in [5.41, 5.74) is 7.03. The van der Waals surface area contributed by atoms with Gasteiger partial charge in [-0.3, -0.25) is 4.79 Å². The molecule has 0 aliphatic carbocycles. The van der Waals surface area contributed by atoms with Gasteiger partial charge in [0.1, 0.15) is 60.7 Å². The van der Waals surface area contributed by atoms with Crippen molar-refractivity contribution in [1.29, 1.82) is 26.3 Å². The number of allylic oxidation sites excluding steroid dienone is 3. The van der Waals surface area contributed by atoms with E-state index < -0.39 is 11.2 Å². The molecular weight excluding hydrogens is 1230 g/mol. The lowest BCUT2D eigenvalue weighted by Crippen LogP contribution is -2.23. The number of aliphatic hydroxyl groups excluding tert-OH is 2. The van der Waals surface area contributed by atoms with Crippen LogP contribution >= 0.6 is 22.7 Å². The Balaban J connectivity index is 0.000000203. The standard InChI is InChI=1S/C39H32N4O3S.C23H23NO3S.C16H11N3O/c1-39(31-12-8-5-9-13-31)35(37(42-2)38(46-39)30(25-40)26-41)21-20-34-19-18-33(47-34)17-15-29-14-16-32(43(3)22-23-44)24-36(29)45-27-28-10-6-4-7-11-28;1-24(13-14-25)20-9-7-19(8-10-21-11-12-22(16-26)28-21)23(15-20)27-17-18-5-3-2-4-6-18;1-11-14(10-19)15(12(8-17)9-18)20-16(11,2)13-6-4-3-5-7-13/h4-21,24,44H,22-23,27H2,1,3H3;2-12,15-16,25H,13-14,17H2,1H3;3-7H,1-2H3/b17-15+,21-20+;10-8+;. The summed E-state index contributed by atoms with van der Waals surface area (Å²) in [5, 5.41) is 65.0. The Labute approximate surface area is 562 Å². The van der Waals surface area contributed by atoms with Gasteiger partial charge >= 0.3 is 0 Å². The molecule has 0 bridgehead atoms. The molecular formula is C78H66N8O7S2. The zero-order valence-corrected chi connectivity index (χ0v) is 54.6. The van der Waals surface area contributed by atoms with Crippen molar-refractivity contribution < 1.29 is 34.0 Å². The quantitative estimate of drug-likeness (QED) is 0.0388. The first-order valence-corrected chi connectivity index (χ1v) is 31.6. The zero-order chi connectivity index (χ0) is 67.7. The van der Waals surface area contributed by atoms with E-state index in [0.717, 1.165) is 77.2 Å². The van der Waals surface area contributed by atoms with Gasteiger partial charge < -0.3 is 39.0 Å². The van der Waals surface area contributed by atoms with E-state index in [1.807, 2.05) is 274 Å².